The fraction of sp³-hybridized carbons (Fsp3) is 0.308. The lowest BCUT2D eigenvalue weighted by atomic mass is 10.1. The number of nitrogen functional groups attached to an aromatic ring is 1. The molecule has 1 aromatic heterocycles. The minimum absolute atomic E-state index is 0.114. The zero-order valence-corrected chi connectivity index (χ0v) is 12.0. The van der Waals surface area contributed by atoms with Crippen LogP contribution < -0.4 is 10.6 Å². The fourth-order valence-corrected chi connectivity index (χ4v) is 2.65. The van der Waals surface area contributed by atoms with Crippen LogP contribution in [0.15, 0.2) is 18.2 Å². The molecule has 7 nitrogen and oxygen atoms in total. The van der Waals surface area contributed by atoms with E-state index in [0.717, 1.165) is 17.7 Å². The van der Waals surface area contributed by atoms with Gasteiger partial charge in [-0.25, -0.2) is 0 Å². The molecular formula is C13H12F3N5O2. The van der Waals surface area contributed by atoms with E-state index in [1.807, 2.05) is 0 Å². The molecule has 2 N–H and O–H groups in total. The summed E-state index contributed by atoms with van der Waals surface area (Å²) in [7, 11) is 1.68. The summed E-state index contributed by atoms with van der Waals surface area (Å²) in [4.78, 5) is 11.9. The molecule has 2 aromatic rings. The molecule has 1 aliphatic rings. The zero-order valence-electron chi connectivity index (χ0n) is 12.0. The van der Waals surface area contributed by atoms with E-state index in [0.29, 0.717) is 17.6 Å². The Hall–Kier alpha value is -2.78. The molecule has 0 unspecified atom stereocenters. The van der Waals surface area contributed by atoms with E-state index >= 15 is 0 Å². The molecule has 1 aromatic carbocycles. The number of anilines is 2. The number of nitro benzene ring substituents is 1. The number of benzene rings is 1. The number of hydrogen-bond acceptors (Lipinski definition) is 5. The number of halogens is 3. The van der Waals surface area contributed by atoms with Crippen LogP contribution in [-0.2, 0) is 26.3 Å². The van der Waals surface area contributed by atoms with Gasteiger partial charge in [-0.05, 0) is 12.1 Å². The molecule has 122 valence electrons. The molecule has 0 fully saturated rings. The van der Waals surface area contributed by atoms with Crippen molar-refractivity contribution in [1.29, 1.82) is 0 Å². The Labute approximate surface area is 128 Å². The van der Waals surface area contributed by atoms with E-state index in [1.54, 1.807) is 11.9 Å². The standard InChI is InChI=1S/C13H12F3N5O2/c1-19-12(17)8-5-20(6-9(8)18-19)10-3-2-7(13(14,15)16)4-11(10)21(22)23/h2-4H,5-6,17H2,1H3. The summed E-state index contributed by atoms with van der Waals surface area (Å²) in [5.74, 6) is 0.442. The molecule has 10 heteroatoms. The second kappa shape index (κ2) is 4.86. The third kappa shape index (κ3) is 2.45. The fourth-order valence-electron chi connectivity index (χ4n) is 2.65. The van der Waals surface area contributed by atoms with Crippen LogP contribution in [0.1, 0.15) is 16.8 Å². The van der Waals surface area contributed by atoms with Crippen molar-refractivity contribution in [3.8, 4) is 0 Å². The van der Waals surface area contributed by atoms with Crippen LogP contribution in [0.4, 0.5) is 30.4 Å². The van der Waals surface area contributed by atoms with Crippen molar-refractivity contribution in [2.45, 2.75) is 19.3 Å². The van der Waals surface area contributed by atoms with Crippen molar-refractivity contribution in [2.24, 2.45) is 7.05 Å². The lowest BCUT2D eigenvalue weighted by Gasteiger charge is -2.19. The highest BCUT2D eigenvalue weighted by molar-refractivity contribution is 5.67. The van der Waals surface area contributed by atoms with Gasteiger partial charge in [-0.15, -0.1) is 0 Å². The Morgan fingerprint density at radius 1 is 1.35 bits per heavy atom. The van der Waals surface area contributed by atoms with Crippen LogP contribution in [0.3, 0.4) is 0 Å². The van der Waals surface area contributed by atoms with Crippen LogP contribution in [0.5, 0.6) is 0 Å². The molecule has 0 aliphatic carbocycles. The number of aromatic nitrogens is 2. The minimum Gasteiger partial charge on any atom is -0.384 e. The first kappa shape index (κ1) is 15.1. The Balaban J connectivity index is 1.99. The lowest BCUT2D eigenvalue weighted by Crippen LogP contribution is -2.18. The zero-order chi connectivity index (χ0) is 16.9. The predicted octanol–water partition coefficient (Wildman–Crippen LogP) is 2.45. The maximum absolute atomic E-state index is 12.7. The van der Waals surface area contributed by atoms with E-state index < -0.39 is 22.4 Å². The van der Waals surface area contributed by atoms with Crippen molar-refractivity contribution in [3.05, 3.63) is 45.1 Å². The third-order valence-electron chi connectivity index (χ3n) is 3.81. The van der Waals surface area contributed by atoms with Crippen LogP contribution in [0, 0.1) is 10.1 Å². The van der Waals surface area contributed by atoms with Crippen molar-refractivity contribution in [1.82, 2.24) is 9.78 Å². The number of nitrogens with zero attached hydrogens (tertiary/aromatic N) is 4. The smallest absolute Gasteiger partial charge is 0.384 e. The summed E-state index contributed by atoms with van der Waals surface area (Å²) < 4.78 is 39.7. The van der Waals surface area contributed by atoms with E-state index in [-0.39, 0.29) is 18.8 Å². The summed E-state index contributed by atoms with van der Waals surface area (Å²) in [6.45, 7) is 0.522. The first-order valence-corrected chi connectivity index (χ1v) is 6.59. The van der Waals surface area contributed by atoms with Gasteiger partial charge in [-0.2, -0.15) is 18.3 Å². The monoisotopic (exact) mass is 327 g/mol. The number of alkyl halides is 3. The molecular weight excluding hydrogens is 315 g/mol. The Morgan fingerprint density at radius 3 is 2.61 bits per heavy atom. The molecule has 0 atom stereocenters. The number of rotatable bonds is 2. The number of nitrogens with two attached hydrogens (primary N) is 1. The second-order valence-corrected chi connectivity index (χ2v) is 5.25. The summed E-state index contributed by atoms with van der Waals surface area (Å²) in [5.41, 5.74) is 5.74. The van der Waals surface area contributed by atoms with Crippen LogP contribution in [-0.4, -0.2) is 14.7 Å². The Morgan fingerprint density at radius 2 is 2.04 bits per heavy atom. The minimum atomic E-state index is -4.63. The number of hydrogen-bond donors (Lipinski definition) is 1. The van der Waals surface area contributed by atoms with E-state index in [4.69, 9.17) is 5.73 Å². The molecule has 2 heterocycles. The first-order valence-electron chi connectivity index (χ1n) is 6.59. The van der Waals surface area contributed by atoms with Crippen LogP contribution in [0.2, 0.25) is 0 Å². The highest BCUT2D eigenvalue weighted by Gasteiger charge is 2.35. The average Bonchev–Trinajstić information content (AvgIpc) is 2.98. The van der Waals surface area contributed by atoms with Crippen molar-refractivity contribution >= 4 is 17.2 Å². The molecule has 0 radical (unpaired) electrons. The second-order valence-electron chi connectivity index (χ2n) is 5.25. The van der Waals surface area contributed by atoms with Gasteiger partial charge in [-0.1, -0.05) is 0 Å². The number of fused-ring (bicyclic) bond motifs is 1. The predicted molar refractivity (Wildman–Crippen MR) is 75.6 cm³/mol. The Bertz CT molecular complexity index is 800. The van der Waals surface area contributed by atoms with E-state index in [1.165, 1.54) is 4.68 Å². The number of nitro groups is 1. The Kier molecular flexibility index (Phi) is 3.20. The van der Waals surface area contributed by atoms with Gasteiger partial charge < -0.3 is 10.6 Å². The SMILES string of the molecule is Cn1nc2c(c1N)CN(c1ccc(C(F)(F)F)cc1[N+](=O)[O-])C2. The quantitative estimate of drug-likeness (QED) is 0.676. The molecule has 3 rings (SSSR count). The van der Waals surface area contributed by atoms with Gasteiger partial charge in [0.2, 0.25) is 0 Å². The van der Waals surface area contributed by atoms with Gasteiger partial charge in [-0.3, -0.25) is 14.8 Å². The highest BCUT2D eigenvalue weighted by Crippen LogP contribution is 2.39. The van der Waals surface area contributed by atoms with Gasteiger partial charge in [0, 0.05) is 25.2 Å². The van der Waals surface area contributed by atoms with Gasteiger partial charge >= 0.3 is 6.18 Å². The van der Waals surface area contributed by atoms with Gasteiger partial charge in [0.1, 0.15) is 11.5 Å². The first-order chi connectivity index (χ1) is 10.7. The molecule has 0 saturated heterocycles. The third-order valence-corrected chi connectivity index (χ3v) is 3.81. The largest absolute Gasteiger partial charge is 0.416 e. The average molecular weight is 327 g/mol. The summed E-state index contributed by atoms with van der Waals surface area (Å²) in [5, 5.41) is 15.4. The van der Waals surface area contributed by atoms with E-state index in [9.17, 15) is 23.3 Å². The maximum atomic E-state index is 12.7. The van der Waals surface area contributed by atoms with Crippen LogP contribution >= 0.6 is 0 Å². The highest BCUT2D eigenvalue weighted by atomic mass is 19.4. The van der Waals surface area contributed by atoms with Crippen LogP contribution in [0.25, 0.3) is 0 Å². The van der Waals surface area contributed by atoms with Crippen molar-refractivity contribution in [2.75, 3.05) is 10.6 Å². The molecule has 23 heavy (non-hydrogen) atoms. The molecule has 0 amide bonds. The summed E-state index contributed by atoms with van der Waals surface area (Å²) in [6.07, 6.45) is -4.63. The summed E-state index contributed by atoms with van der Waals surface area (Å²) >= 11 is 0. The van der Waals surface area contributed by atoms with E-state index in [2.05, 4.69) is 5.10 Å². The molecule has 1 aliphatic heterocycles. The van der Waals surface area contributed by atoms with Gasteiger partial charge in [0.25, 0.3) is 5.69 Å². The van der Waals surface area contributed by atoms with Gasteiger partial charge in [0.05, 0.1) is 22.7 Å². The molecule has 0 bridgehead atoms. The topological polar surface area (TPSA) is 90.2 Å². The number of aryl methyl sites for hydroxylation is 1. The van der Waals surface area contributed by atoms with Crippen molar-refractivity contribution in [3.63, 3.8) is 0 Å². The van der Waals surface area contributed by atoms with Crippen molar-refractivity contribution < 1.29 is 18.1 Å². The molecule has 0 spiro atoms. The molecule has 0 saturated carbocycles. The maximum Gasteiger partial charge on any atom is 0.416 e. The summed E-state index contributed by atoms with van der Waals surface area (Å²) in [6, 6.07) is 2.50. The lowest BCUT2D eigenvalue weighted by molar-refractivity contribution is -0.384. The normalized spacial score (nSPS) is 14.2. The van der Waals surface area contributed by atoms with Gasteiger partial charge in [0.15, 0.2) is 0 Å².